The summed E-state index contributed by atoms with van der Waals surface area (Å²) in [6, 6.07) is 9.05. The van der Waals surface area contributed by atoms with Crippen molar-refractivity contribution < 1.29 is 5.11 Å². The Balaban J connectivity index is 2.10. The summed E-state index contributed by atoms with van der Waals surface area (Å²) in [5.41, 5.74) is 2.66. The summed E-state index contributed by atoms with van der Waals surface area (Å²) >= 11 is 0. The van der Waals surface area contributed by atoms with Crippen LogP contribution >= 0.6 is 0 Å². The van der Waals surface area contributed by atoms with E-state index < -0.39 is 0 Å². The maximum absolute atomic E-state index is 8.76. The molecule has 0 amide bonds. The van der Waals surface area contributed by atoms with E-state index in [0.29, 0.717) is 6.04 Å². The third-order valence-corrected chi connectivity index (χ3v) is 3.46. The lowest BCUT2D eigenvalue weighted by Gasteiger charge is -2.08. The molecule has 2 N–H and O–H groups in total. The van der Waals surface area contributed by atoms with Gasteiger partial charge in [0, 0.05) is 36.3 Å². The number of aliphatic hydroxyl groups excluding tert-OH is 1. The molecule has 0 aliphatic heterocycles. The van der Waals surface area contributed by atoms with Crippen LogP contribution in [0.3, 0.4) is 0 Å². The molecule has 1 heterocycles. The first-order valence-corrected chi connectivity index (χ1v) is 7.14. The molecule has 1 aromatic carbocycles. The number of nitrogens with zero attached hydrogens (tertiary/aromatic N) is 1. The number of hydrogen-bond donors (Lipinski definition) is 2. The van der Waals surface area contributed by atoms with Crippen molar-refractivity contribution in [2.45, 2.75) is 39.3 Å². The lowest BCUT2D eigenvalue weighted by atomic mass is 10.2. The van der Waals surface area contributed by atoms with Crippen LogP contribution in [0.5, 0.6) is 0 Å². The number of fused-ring (bicyclic) bond motifs is 1. The van der Waals surface area contributed by atoms with Crippen LogP contribution in [0.2, 0.25) is 0 Å². The van der Waals surface area contributed by atoms with Crippen LogP contribution in [-0.2, 0) is 6.54 Å². The highest BCUT2D eigenvalue weighted by Crippen LogP contribution is 2.24. The first-order valence-electron chi connectivity index (χ1n) is 7.14. The molecule has 0 aliphatic rings. The molecule has 0 radical (unpaired) electrons. The van der Waals surface area contributed by atoms with Gasteiger partial charge in [0.05, 0.1) is 0 Å². The van der Waals surface area contributed by atoms with Crippen LogP contribution in [0.15, 0.2) is 30.5 Å². The van der Waals surface area contributed by atoms with Gasteiger partial charge in [0.25, 0.3) is 0 Å². The number of unbranched alkanes of at least 4 members (excludes halogenated alkanes) is 1. The van der Waals surface area contributed by atoms with Crippen LogP contribution in [0, 0.1) is 0 Å². The van der Waals surface area contributed by atoms with Gasteiger partial charge in [-0.25, -0.2) is 0 Å². The highest BCUT2D eigenvalue weighted by molar-refractivity contribution is 5.84. The summed E-state index contributed by atoms with van der Waals surface area (Å²) in [4.78, 5) is 0. The molecule has 104 valence electrons. The highest BCUT2D eigenvalue weighted by Gasteiger charge is 2.09. The summed E-state index contributed by atoms with van der Waals surface area (Å²) in [5.74, 6) is 0. The van der Waals surface area contributed by atoms with Gasteiger partial charge in [0.15, 0.2) is 0 Å². The van der Waals surface area contributed by atoms with Crippen molar-refractivity contribution >= 4 is 10.9 Å². The van der Waals surface area contributed by atoms with E-state index >= 15 is 0 Å². The van der Waals surface area contributed by atoms with Crippen molar-refractivity contribution in [1.82, 2.24) is 9.88 Å². The van der Waals surface area contributed by atoms with Gasteiger partial charge < -0.3 is 15.0 Å². The third kappa shape index (κ3) is 3.37. The molecule has 2 aromatic rings. The maximum atomic E-state index is 8.76. The van der Waals surface area contributed by atoms with E-state index in [2.05, 4.69) is 54.2 Å². The van der Waals surface area contributed by atoms with Gasteiger partial charge in [0.2, 0.25) is 0 Å². The van der Waals surface area contributed by atoms with Crippen molar-refractivity contribution in [1.29, 1.82) is 0 Å². The molecule has 3 heteroatoms. The van der Waals surface area contributed by atoms with E-state index in [9.17, 15) is 0 Å². The van der Waals surface area contributed by atoms with Crippen LogP contribution in [0.1, 0.15) is 38.3 Å². The number of aliphatic hydroxyl groups is 1. The van der Waals surface area contributed by atoms with Crippen molar-refractivity contribution in [3.8, 4) is 0 Å². The zero-order valence-electron chi connectivity index (χ0n) is 11.9. The van der Waals surface area contributed by atoms with Gasteiger partial charge in [-0.15, -0.1) is 0 Å². The normalized spacial score (nSPS) is 11.6. The molecular weight excluding hydrogens is 236 g/mol. The van der Waals surface area contributed by atoms with E-state index in [4.69, 9.17) is 5.11 Å². The Kier molecular flexibility index (Phi) is 5.00. The number of aromatic nitrogens is 1. The molecule has 19 heavy (non-hydrogen) atoms. The summed E-state index contributed by atoms with van der Waals surface area (Å²) in [6.45, 7) is 6.57. The van der Waals surface area contributed by atoms with Crippen molar-refractivity contribution in [2.75, 3.05) is 13.2 Å². The third-order valence-electron chi connectivity index (χ3n) is 3.46. The Morgan fingerprint density at radius 2 is 2.00 bits per heavy atom. The molecule has 3 nitrogen and oxygen atoms in total. The predicted molar refractivity (Wildman–Crippen MR) is 80.3 cm³/mol. The Hall–Kier alpha value is -1.32. The van der Waals surface area contributed by atoms with Gasteiger partial charge in [-0.3, -0.25) is 0 Å². The highest BCUT2D eigenvalue weighted by atomic mass is 16.2. The Labute approximate surface area is 115 Å². The van der Waals surface area contributed by atoms with E-state index in [-0.39, 0.29) is 6.61 Å². The number of rotatable bonds is 7. The van der Waals surface area contributed by atoms with E-state index in [1.54, 1.807) is 0 Å². The minimum Gasteiger partial charge on any atom is -0.396 e. The van der Waals surface area contributed by atoms with Gasteiger partial charge in [0.1, 0.15) is 0 Å². The standard InChI is InChI=1S/C16H24N2O/c1-13(2)18-12-14(11-17-9-5-6-10-19)15-7-3-4-8-16(15)18/h3-4,7-8,12-13,17,19H,5-6,9-11H2,1-2H3. The smallest absolute Gasteiger partial charge is 0.0486 e. The monoisotopic (exact) mass is 260 g/mol. The number of hydrogen-bond acceptors (Lipinski definition) is 2. The molecule has 0 spiro atoms. The zero-order chi connectivity index (χ0) is 13.7. The van der Waals surface area contributed by atoms with Crippen LogP contribution in [0.25, 0.3) is 10.9 Å². The lowest BCUT2D eigenvalue weighted by Crippen LogP contribution is -2.14. The molecule has 1 aromatic heterocycles. The zero-order valence-corrected chi connectivity index (χ0v) is 11.9. The first-order chi connectivity index (χ1) is 9.24. The van der Waals surface area contributed by atoms with E-state index in [1.165, 1.54) is 16.5 Å². The summed E-state index contributed by atoms with van der Waals surface area (Å²) in [5, 5.41) is 13.6. The molecule has 0 unspecified atom stereocenters. The Morgan fingerprint density at radius 1 is 1.21 bits per heavy atom. The summed E-state index contributed by atoms with van der Waals surface area (Å²) in [6.07, 6.45) is 4.16. The molecule has 0 aliphatic carbocycles. The SMILES string of the molecule is CC(C)n1cc(CNCCCCO)c2ccccc21. The minimum absolute atomic E-state index is 0.286. The van der Waals surface area contributed by atoms with E-state index in [0.717, 1.165) is 25.9 Å². The van der Waals surface area contributed by atoms with Gasteiger partial charge in [-0.2, -0.15) is 0 Å². The van der Waals surface area contributed by atoms with Crippen molar-refractivity contribution in [3.05, 3.63) is 36.0 Å². The predicted octanol–water partition coefficient (Wildman–Crippen LogP) is 3.08. The fourth-order valence-electron chi connectivity index (χ4n) is 2.43. The molecular formula is C16H24N2O. The molecule has 0 bridgehead atoms. The second kappa shape index (κ2) is 6.73. The second-order valence-electron chi connectivity index (χ2n) is 5.28. The molecule has 0 saturated heterocycles. The van der Waals surface area contributed by atoms with Gasteiger partial charge in [-0.05, 0) is 44.9 Å². The Bertz CT molecular complexity index is 516. The topological polar surface area (TPSA) is 37.2 Å². The van der Waals surface area contributed by atoms with Crippen molar-refractivity contribution in [3.63, 3.8) is 0 Å². The summed E-state index contributed by atoms with van der Waals surface area (Å²) in [7, 11) is 0. The average Bonchev–Trinajstić information content (AvgIpc) is 2.78. The number of benzene rings is 1. The minimum atomic E-state index is 0.286. The van der Waals surface area contributed by atoms with Crippen molar-refractivity contribution in [2.24, 2.45) is 0 Å². The Morgan fingerprint density at radius 3 is 2.74 bits per heavy atom. The number of nitrogens with one attached hydrogen (secondary N) is 1. The quantitative estimate of drug-likeness (QED) is 0.751. The van der Waals surface area contributed by atoms with Gasteiger partial charge >= 0.3 is 0 Å². The summed E-state index contributed by atoms with van der Waals surface area (Å²) < 4.78 is 2.33. The second-order valence-corrected chi connectivity index (χ2v) is 5.28. The fourth-order valence-corrected chi connectivity index (χ4v) is 2.43. The molecule has 2 rings (SSSR count). The lowest BCUT2D eigenvalue weighted by molar-refractivity contribution is 0.283. The average molecular weight is 260 g/mol. The van der Waals surface area contributed by atoms with E-state index in [1.807, 2.05) is 0 Å². The largest absolute Gasteiger partial charge is 0.396 e. The molecule has 0 saturated carbocycles. The molecule has 0 atom stereocenters. The first kappa shape index (κ1) is 14.1. The molecule has 0 fully saturated rings. The van der Waals surface area contributed by atoms with Crippen LogP contribution in [-0.4, -0.2) is 22.8 Å². The van der Waals surface area contributed by atoms with Gasteiger partial charge in [-0.1, -0.05) is 18.2 Å². The van der Waals surface area contributed by atoms with Crippen LogP contribution < -0.4 is 5.32 Å². The number of para-hydroxylation sites is 1. The van der Waals surface area contributed by atoms with Crippen LogP contribution in [0.4, 0.5) is 0 Å². The fraction of sp³-hybridized carbons (Fsp3) is 0.500. The maximum Gasteiger partial charge on any atom is 0.0486 e.